The highest BCUT2D eigenvalue weighted by Gasteiger charge is 2.01. The maximum atomic E-state index is 8.73. The molecule has 3 nitrogen and oxygen atoms in total. The Morgan fingerprint density at radius 1 is 1.29 bits per heavy atom. The van der Waals surface area contributed by atoms with E-state index in [2.05, 4.69) is 0 Å². The van der Waals surface area contributed by atoms with Crippen LogP contribution in [0.3, 0.4) is 0 Å². The number of hydrogen-bond donors (Lipinski definition) is 1. The first kappa shape index (κ1) is 11.0. The van der Waals surface area contributed by atoms with Gasteiger partial charge in [0.05, 0.1) is 0 Å². The van der Waals surface area contributed by atoms with E-state index in [1.54, 1.807) is 7.11 Å². The highest BCUT2D eigenvalue weighted by atomic mass is 16.7. The summed E-state index contributed by atoms with van der Waals surface area (Å²) >= 11 is 0. The number of methoxy groups -OCH3 is 1. The first-order valence-corrected chi connectivity index (χ1v) is 4.69. The zero-order chi connectivity index (χ0) is 10.2. The minimum atomic E-state index is 0.207. The molecule has 0 saturated carbocycles. The summed E-state index contributed by atoms with van der Waals surface area (Å²) in [4.78, 5) is 0. The Bertz CT molecular complexity index is 233. The van der Waals surface area contributed by atoms with Crippen LogP contribution in [0.5, 0.6) is 5.75 Å². The van der Waals surface area contributed by atoms with Crippen LogP contribution in [-0.2, 0) is 11.2 Å². The van der Waals surface area contributed by atoms with Gasteiger partial charge in [-0.05, 0) is 24.5 Å². The molecule has 14 heavy (non-hydrogen) atoms. The van der Waals surface area contributed by atoms with Gasteiger partial charge in [-0.3, -0.25) is 0 Å². The summed E-state index contributed by atoms with van der Waals surface area (Å²) in [5, 5.41) is 8.73. The number of ether oxygens (including phenoxy) is 2. The fourth-order valence-electron chi connectivity index (χ4n) is 1.24. The molecule has 1 aromatic rings. The molecule has 78 valence electrons. The van der Waals surface area contributed by atoms with Crippen molar-refractivity contribution in [3.63, 3.8) is 0 Å². The van der Waals surface area contributed by atoms with Crippen molar-refractivity contribution < 1.29 is 14.6 Å². The second-order valence-electron chi connectivity index (χ2n) is 2.99. The second kappa shape index (κ2) is 6.40. The van der Waals surface area contributed by atoms with E-state index in [-0.39, 0.29) is 13.4 Å². The summed E-state index contributed by atoms with van der Waals surface area (Å²) in [6.45, 7) is 0.467. The first-order valence-electron chi connectivity index (χ1n) is 4.69. The normalized spacial score (nSPS) is 10.1. The van der Waals surface area contributed by atoms with E-state index >= 15 is 0 Å². The van der Waals surface area contributed by atoms with E-state index in [1.165, 1.54) is 0 Å². The molecule has 0 amide bonds. The molecule has 0 aliphatic heterocycles. The third-order valence-corrected chi connectivity index (χ3v) is 1.91. The van der Waals surface area contributed by atoms with E-state index < -0.39 is 0 Å². The summed E-state index contributed by atoms with van der Waals surface area (Å²) in [6.07, 6.45) is 1.59. The van der Waals surface area contributed by atoms with Crippen LogP contribution in [0.2, 0.25) is 0 Å². The van der Waals surface area contributed by atoms with E-state index in [9.17, 15) is 0 Å². The maximum absolute atomic E-state index is 8.73. The molecular weight excluding hydrogens is 180 g/mol. The summed E-state index contributed by atoms with van der Waals surface area (Å²) in [5.74, 6) is 0.836. The molecule has 0 bridgehead atoms. The average molecular weight is 196 g/mol. The number of hydrogen-bond acceptors (Lipinski definition) is 3. The van der Waals surface area contributed by atoms with Gasteiger partial charge in [-0.25, -0.2) is 0 Å². The predicted molar refractivity (Wildman–Crippen MR) is 54.4 cm³/mol. The fourth-order valence-corrected chi connectivity index (χ4v) is 1.24. The second-order valence-corrected chi connectivity index (χ2v) is 2.99. The molecule has 0 heterocycles. The standard InChI is InChI=1S/C11H16O3/c1-13-9-14-11-7-3-2-5-10(11)6-4-8-12/h2-3,5,7,12H,4,6,8-9H2,1H3. The number of para-hydroxylation sites is 1. The van der Waals surface area contributed by atoms with Gasteiger partial charge < -0.3 is 14.6 Å². The number of rotatable bonds is 6. The molecule has 1 rings (SSSR count). The quantitative estimate of drug-likeness (QED) is 0.702. The molecule has 1 N–H and O–H groups in total. The minimum absolute atomic E-state index is 0.207. The lowest BCUT2D eigenvalue weighted by molar-refractivity contribution is 0.0504. The van der Waals surface area contributed by atoms with Gasteiger partial charge in [0, 0.05) is 13.7 Å². The molecule has 1 aromatic carbocycles. The van der Waals surface area contributed by atoms with Gasteiger partial charge in [-0.2, -0.15) is 0 Å². The Labute approximate surface area is 84.3 Å². The van der Waals surface area contributed by atoms with Crippen molar-refractivity contribution in [2.75, 3.05) is 20.5 Å². The molecule has 0 aliphatic carbocycles. The van der Waals surface area contributed by atoms with Crippen molar-refractivity contribution in [3.8, 4) is 5.75 Å². The Morgan fingerprint density at radius 2 is 2.07 bits per heavy atom. The molecular formula is C11H16O3. The highest BCUT2D eigenvalue weighted by molar-refractivity contribution is 5.33. The molecule has 0 saturated heterocycles. The summed E-state index contributed by atoms with van der Waals surface area (Å²) in [7, 11) is 1.59. The number of aliphatic hydroxyl groups excluding tert-OH is 1. The van der Waals surface area contributed by atoms with Crippen LogP contribution < -0.4 is 4.74 Å². The molecule has 0 unspecified atom stereocenters. The van der Waals surface area contributed by atoms with Crippen LogP contribution in [0.25, 0.3) is 0 Å². The van der Waals surface area contributed by atoms with Crippen LogP contribution in [0.4, 0.5) is 0 Å². The highest BCUT2D eigenvalue weighted by Crippen LogP contribution is 2.19. The number of benzene rings is 1. The molecule has 0 fully saturated rings. The third kappa shape index (κ3) is 3.36. The Kier molecular flexibility index (Phi) is 5.04. The van der Waals surface area contributed by atoms with Gasteiger partial charge in [0.2, 0.25) is 0 Å². The van der Waals surface area contributed by atoms with Crippen LogP contribution in [-0.4, -0.2) is 25.6 Å². The zero-order valence-electron chi connectivity index (χ0n) is 8.40. The monoisotopic (exact) mass is 196 g/mol. The molecule has 0 radical (unpaired) electrons. The van der Waals surface area contributed by atoms with Crippen molar-refractivity contribution >= 4 is 0 Å². The van der Waals surface area contributed by atoms with E-state index in [0.717, 1.165) is 24.2 Å². The van der Waals surface area contributed by atoms with E-state index in [0.29, 0.717) is 0 Å². The molecule has 0 atom stereocenters. The largest absolute Gasteiger partial charge is 0.467 e. The van der Waals surface area contributed by atoms with Gasteiger partial charge in [0.25, 0.3) is 0 Å². The molecule has 0 aliphatic rings. The number of aliphatic hydroxyl groups is 1. The summed E-state index contributed by atoms with van der Waals surface area (Å²) in [5.41, 5.74) is 1.11. The van der Waals surface area contributed by atoms with Crippen LogP contribution >= 0.6 is 0 Å². The Balaban J connectivity index is 2.60. The van der Waals surface area contributed by atoms with Crippen LogP contribution in [0, 0.1) is 0 Å². The average Bonchev–Trinajstić information content (AvgIpc) is 2.24. The summed E-state index contributed by atoms with van der Waals surface area (Å²) in [6, 6.07) is 7.80. The first-order chi connectivity index (χ1) is 6.88. The van der Waals surface area contributed by atoms with Gasteiger partial charge in [-0.1, -0.05) is 18.2 Å². The summed E-state index contributed by atoms with van der Waals surface area (Å²) < 4.78 is 10.2. The van der Waals surface area contributed by atoms with Crippen LogP contribution in [0.1, 0.15) is 12.0 Å². The van der Waals surface area contributed by atoms with Gasteiger partial charge in [0.15, 0.2) is 6.79 Å². The van der Waals surface area contributed by atoms with Gasteiger partial charge in [0.1, 0.15) is 5.75 Å². The Morgan fingerprint density at radius 3 is 2.79 bits per heavy atom. The van der Waals surface area contributed by atoms with Gasteiger partial charge >= 0.3 is 0 Å². The SMILES string of the molecule is COCOc1ccccc1CCCO. The van der Waals surface area contributed by atoms with Gasteiger partial charge in [-0.15, -0.1) is 0 Å². The lowest BCUT2D eigenvalue weighted by Crippen LogP contribution is -2.02. The zero-order valence-corrected chi connectivity index (χ0v) is 8.40. The topological polar surface area (TPSA) is 38.7 Å². The van der Waals surface area contributed by atoms with Crippen molar-refractivity contribution in [2.45, 2.75) is 12.8 Å². The molecule has 0 aromatic heterocycles. The van der Waals surface area contributed by atoms with E-state index in [4.69, 9.17) is 14.6 Å². The molecule has 3 heteroatoms. The fraction of sp³-hybridized carbons (Fsp3) is 0.455. The lowest BCUT2D eigenvalue weighted by atomic mass is 10.1. The smallest absolute Gasteiger partial charge is 0.188 e. The molecule has 0 spiro atoms. The predicted octanol–water partition coefficient (Wildman–Crippen LogP) is 1.59. The maximum Gasteiger partial charge on any atom is 0.188 e. The van der Waals surface area contributed by atoms with Crippen molar-refractivity contribution in [1.82, 2.24) is 0 Å². The lowest BCUT2D eigenvalue weighted by Gasteiger charge is -2.09. The van der Waals surface area contributed by atoms with Crippen molar-refractivity contribution in [3.05, 3.63) is 29.8 Å². The van der Waals surface area contributed by atoms with Crippen LogP contribution in [0.15, 0.2) is 24.3 Å². The van der Waals surface area contributed by atoms with E-state index in [1.807, 2.05) is 24.3 Å². The Hall–Kier alpha value is -1.06. The third-order valence-electron chi connectivity index (χ3n) is 1.91. The number of aryl methyl sites for hydroxylation is 1. The van der Waals surface area contributed by atoms with Crippen molar-refractivity contribution in [2.24, 2.45) is 0 Å². The minimum Gasteiger partial charge on any atom is -0.467 e. The van der Waals surface area contributed by atoms with Crippen molar-refractivity contribution in [1.29, 1.82) is 0 Å².